The highest BCUT2D eigenvalue weighted by Gasteiger charge is 2.24. The average molecular weight is 875 g/mol. The topological polar surface area (TPSA) is 36.9 Å². The Morgan fingerprint density at radius 3 is 1.06 bits per heavy atom. The Kier molecular flexibility index (Phi) is 26.2. The van der Waals surface area contributed by atoms with Gasteiger partial charge in [0.25, 0.3) is 0 Å². The lowest BCUT2D eigenvalue weighted by molar-refractivity contribution is 0.172. The van der Waals surface area contributed by atoms with Crippen LogP contribution in [0.4, 0.5) is 17.6 Å². The zero-order chi connectivity index (χ0) is 44.2. The van der Waals surface area contributed by atoms with Crippen LogP contribution in [0, 0.1) is 52.9 Å². The van der Waals surface area contributed by atoms with Gasteiger partial charge in [-0.25, -0.2) is 0 Å². The molecule has 4 rings (SSSR count). The van der Waals surface area contributed by atoms with Crippen molar-refractivity contribution in [1.82, 2.24) is 0 Å². The van der Waals surface area contributed by atoms with Crippen molar-refractivity contribution in [3.63, 3.8) is 0 Å². The molecule has 8 heteroatoms. The van der Waals surface area contributed by atoms with Crippen LogP contribution in [0.3, 0.4) is 0 Å². The molecule has 0 aliphatic heterocycles. The fourth-order valence-electron chi connectivity index (χ4n) is 9.74. The van der Waals surface area contributed by atoms with Crippen LogP contribution in [0.1, 0.15) is 213 Å². The zero-order valence-electron chi connectivity index (χ0n) is 39.4. The van der Waals surface area contributed by atoms with Crippen LogP contribution in [0.15, 0.2) is 24.3 Å². The van der Waals surface area contributed by atoms with Crippen LogP contribution in [0.5, 0.6) is 23.0 Å². The Morgan fingerprint density at radius 1 is 0.403 bits per heavy atom. The lowest BCUT2D eigenvalue weighted by atomic mass is 9.80. The smallest absolute Gasteiger partial charge is 0.204 e. The number of hydrogen-bond donors (Lipinski definition) is 0. The number of unbranched alkanes of at least 4 members (excludes halogenated alkanes) is 14. The SMILES string of the molecule is CCCCCC1CCC(COc2ccc(OCCCCCCCCC(C)CCCCCCCCOc3ccc(OCC4CCC(CCCCC)CC4)c(F)c3F)c(F)c2F)CC1. The molecule has 0 aromatic heterocycles. The highest BCUT2D eigenvalue weighted by molar-refractivity contribution is 5.36. The van der Waals surface area contributed by atoms with E-state index < -0.39 is 23.3 Å². The molecule has 0 unspecified atom stereocenters. The van der Waals surface area contributed by atoms with Crippen molar-refractivity contribution in [2.24, 2.45) is 29.6 Å². The third-order valence-electron chi connectivity index (χ3n) is 14.0. The molecule has 0 bridgehead atoms. The van der Waals surface area contributed by atoms with Crippen molar-refractivity contribution < 1.29 is 36.5 Å². The quantitative estimate of drug-likeness (QED) is 0.0519. The fourth-order valence-corrected chi connectivity index (χ4v) is 9.74. The van der Waals surface area contributed by atoms with Gasteiger partial charge in [-0.05, 0) is 92.4 Å². The van der Waals surface area contributed by atoms with Gasteiger partial charge in [-0.2, -0.15) is 17.6 Å². The van der Waals surface area contributed by atoms with Gasteiger partial charge in [0, 0.05) is 0 Å². The summed E-state index contributed by atoms with van der Waals surface area (Å²) in [6.45, 7) is 8.50. The minimum Gasteiger partial charge on any atom is -0.490 e. The lowest BCUT2D eigenvalue weighted by Crippen LogP contribution is -2.20. The first-order valence-electron chi connectivity index (χ1n) is 25.8. The van der Waals surface area contributed by atoms with E-state index in [0.717, 1.165) is 82.0 Å². The molecule has 2 aromatic carbocycles. The molecule has 0 amide bonds. The fraction of sp³-hybridized carbons (Fsp3) is 0.778. The molecular formula is C54H86F4O4. The van der Waals surface area contributed by atoms with E-state index in [2.05, 4.69) is 20.8 Å². The molecular weight excluding hydrogens is 789 g/mol. The normalized spacial score (nSPS) is 19.7. The summed E-state index contributed by atoms with van der Waals surface area (Å²) in [7, 11) is 0. The molecule has 0 spiro atoms. The second kappa shape index (κ2) is 31.3. The number of benzene rings is 2. The molecule has 4 nitrogen and oxygen atoms in total. The van der Waals surface area contributed by atoms with Crippen molar-refractivity contribution in [1.29, 1.82) is 0 Å². The Balaban J connectivity index is 0.919. The van der Waals surface area contributed by atoms with Crippen molar-refractivity contribution >= 4 is 0 Å². The van der Waals surface area contributed by atoms with Gasteiger partial charge >= 0.3 is 0 Å². The molecule has 2 aliphatic carbocycles. The molecule has 62 heavy (non-hydrogen) atoms. The van der Waals surface area contributed by atoms with Crippen molar-refractivity contribution in [2.75, 3.05) is 26.4 Å². The van der Waals surface area contributed by atoms with Gasteiger partial charge in [0.1, 0.15) is 0 Å². The summed E-state index contributed by atoms with van der Waals surface area (Å²) < 4.78 is 81.7. The molecule has 2 saturated carbocycles. The maximum atomic E-state index is 14.8. The van der Waals surface area contributed by atoms with Gasteiger partial charge in [0.2, 0.25) is 23.3 Å². The first-order valence-corrected chi connectivity index (χ1v) is 25.8. The van der Waals surface area contributed by atoms with Crippen LogP contribution in [-0.2, 0) is 0 Å². The van der Waals surface area contributed by atoms with Gasteiger partial charge < -0.3 is 18.9 Å². The molecule has 2 aliphatic rings. The third kappa shape index (κ3) is 20.0. The van der Waals surface area contributed by atoms with Crippen LogP contribution in [-0.4, -0.2) is 26.4 Å². The van der Waals surface area contributed by atoms with E-state index in [1.807, 2.05) is 0 Å². The molecule has 0 atom stereocenters. The van der Waals surface area contributed by atoms with Crippen molar-refractivity contribution in [2.45, 2.75) is 213 Å². The summed E-state index contributed by atoms with van der Waals surface area (Å²) in [5.74, 6) is -0.682. The van der Waals surface area contributed by atoms with Crippen molar-refractivity contribution in [3.05, 3.63) is 47.5 Å². The highest BCUT2D eigenvalue weighted by Crippen LogP contribution is 2.36. The van der Waals surface area contributed by atoms with Gasteiger partial charge in [0.15, 0.2) is 23.0 Å². The number of halogens is 4. The summed E-state index contributed by atoms with van der Waals surface area (Å²) in [6, 6.07) is 6.03. The standard InChI is InChI=1S/C54H86F4O4/c1-4-6-16-24-43-26-30-45(31-27-43)40-61-49-36-34-47(51(55)53(49)57)59-38-20-14-10-8-12-18-22-42(3)23-19-13-9-11-15-21-39-60-48-35-37-50(54(58)52(48)56)62-41-46-32-28-44(29-33-46)25-17-7-5-2/h34-37,42-46H,4-33,38-41H2,1-3H3. The molecule has 2 aromatic rings. The summed E-state index contributed by atoms with van der Waals surface area (Å²) in [4.78, 5) is 0. The Morgan fingerprint density at radius 2 is 0.710 bits per heavy atom. The number of hydrogen-bond acceptors (Lipinski definition) is 4. The van der Waals surface area contributed by atoms with Crippen LogP contribution >= 0.6 is 0 Å². The third-order valence-corrected chi connectivity index (χ3v) is 14.0. The van der Waals surface area contributed by atoms with Crippen LogP contribution < -0.4 is 18.9 Å². The van der Waals surface area contributed by atoms with Crippen molar-refractivity contribution in [3.8, 4) is 23.0 Å². The monoisotopic (exact) mass is 875 g/mol. The van der Waals surface area contributed by atoms with Gasteiger partial charge in [0.05, 0.1) is 26.4 Å². The maximum absolute atomic E-state index is 14.8. The van der Waals surface area contributed by atoms with Gasteiger partial charge in [-0.3, -0.25) is 0 Å². The minimum atomic E-state index is -0.950. The minimum absolute atomic E-state index is 0.0116. The van der Waals surface area contributed by atoms with E-state index in [1.54, 1.807) is 0 Å². The predicted octanol–water partition coefficient (Wildman–Crippen LogP) is 17.3. The lowest BCUT2D eigenvalue weighted by Gasteiger charge is -2.28. The van der Waals surface area contributed by atoms with Gasteiger partial charge in [-0.15, -0.1) is 0 Å². The Hall–Kier alpha value is -2.64. The van der Waals surface area contributed by atoms with E-state index in [1.165, 1.54) is 153 Å². The largest absolute Gasteiger partial charge is 0.490 e. The average Bonchev–Trinajstić information content (AvgIpc) is 3.28. The Labute approximate surface area is 375 Å². The summed E-state index contributed by atoms with van der Waals surface area (Å²) in [5, 5.41) is 0. The number of rotatable bonds is 34. The molecule has 0 saturated heterocycles. The van der Waals surface area contributed by atoms with E-state index in [4.69, 9.17) is 18.9 Å². The summed E-state index contributed by atoms with van der Waals surface area (Å²) >= 11 is 0. The molecule has 354 valence electrons. The second-order valence-electron chi connectivity index (χ2n) is 19.4. The zero-order valence-corrected chi connectivity index (χ0v) is 39.4. The number of ether oxygens (including phenoxy) is 4. The first kappa shape index (κ1) is 52.0. The first-order chi connectivity index (χ1) is 30.3. The van der Waals surface area contributed by atoms with Crippen LogP contribution in [0.25, 0.3) is 0 Å². The van der Waals surface area contributed by atoms with E-state index in [-0.39, 0.29) is 23.0 Å². The highest BCUT2D eigenvalue weighted by atomic mass is 19.2. The molecule has 0 heterocycles. The maximum Gasteiger partial charge on any atom is 0.204 e. The van der Waals surface area contributed by atoms with Gasteiger partial charge in [-0.1, -0.05) is 175 Å². The summed E-state index contributed by atoms with van der Waals surface area (Å²) in [6.07, 6.45) is 35.5. The summed E-state index contributed by atoms with van der Waals surface area (Å²) in [5.41, 5.74) is 0. The molecule has 0 radical (unpaired) electrons. The van der Waals surface area contributed by atoms with Crippen LogP contribution in [0.2, 0.25) is 0 Å². The van der Waals surface area contributed by atoms with E-state index >= 15 is 0 Å². The second-order valence-corrected chi connectivity index (χ2v) is 19.4. The predicted molar refractivity (Wildman–Crippen MR) is 248 cm³/mol. The van der Waals surface area contributed by atoms with E-state index in [9.17, 15) is 17.6 Å². The Bertz CT molecular complexity index is 1350. The van der Waals surface area contributed by atoms with E-state index in [0.29, 0.717) is 38.3 Å². The molecule has 2 fully saturated rings. The molecule has 0 N–H and O–H groups in total.